The van der Waals surface area contributed by atoms with Crippen molar-refractivity contribution in [1.29, 1.82) is 0 Å². The largest absolute Gasteiger partial charge is 0.296 e. The van der Waals surface area contributed by atoms with Crippen molar-refractivity contribution in [2.24, 2.45) is 0 Å². The topological polar surface area (TPSA) is 56.0 Å². The Labute approximate surface area is 411 Å². The molecular weight excluding hydrogens is 803 g/mol. The van der Waals surface area contributed by atoms with Gasteiger partial charge in [0.15, 0.2) is 0 Å². The molecule has 66 heavy (non-hydrogen) atoms. The fraction of sp³-hybridized carbons (Fsp3) is 0.115. The lowest BCUT2D eigenvalue weighted by Crippen LogP contribution is -1.98. The first-order valence-electron chi connectivity index (χ1n) is 30.2. The summed E-state index contributed by atoms with van der Waals surface area (Å²) in [5.41, 5.74) is 5.12. The van der Waals surface area contributed by atoms with Gasteiger partial charge in [-0.2, -0.15) is 0 Å². The molecular formula is C61H49N5. The predicted molar refractivity (Wildman–Crippen MR) is 273 cm³/mol. The van der Waals surface area contributed by atoms with Crippen LogP contribution in [-0.4, -0.2) is 24.3 Å². The van der Waals surface area contributed by atoms with E-state index < -0.39 is 46.0 Å². The van der Waals surface area contributed by atoms with E-state index in [-0.39, 0.29) is 56.5 Å². The molecule has 6 aromatic carbocycles. The van der Waals surface area contributed by atoms with Gasteiger partial charge in [-0.05, 0) is 137 Å². The molecule has 0 saturated heterocycles. The number of fused-ring (bicyclic) bond motifs is 6. The molecule has 0 atom stereocenters. The molecule has 0 aliphatic heterocycles. The first kappa shape index (κ1) is 25.5. The maximum Gasteiger partial charge on any atom is 0.110 e. The van der Waals surface area contributed by atoms with Gasteiger partial charge in [-0.25, -0.2) is 4.98 Å². The third-order valence-electron chi connectivity index (χ3n) is 11.5. The van der Waals surface area contributed by atoms with Crippen molar-refractivity contribution in [2.45, 2.75) is 46.0 Å². The minimum atomic E-state index is -2.97. The van der Waals surface area contributed by atoms with Gasteiger partial charge in [0.25, 0.3) is 0 Å². The Bertz CT molecular complexity index is 4170. The minimum absolute atomic E-state index is 0.0343. The number of rotatable bonds is 11. The van der Waals surface area contributed by atoms with E-state index in [0.29, 0.717) is 66.6 Å². The fourth-order valence-corrected chi connectivity index (χ4v) is 8.34. The van der Waals surface area contributed by atoms with Gasteiger partial charge >= 0.3 is 0 Å². The van der Waals surface area contributed by atoms with Crippen LogP contribution in [0.1, 0.15) is 63.9 Å². The number of imidazole rings is 1. The first-order chi connectivity index (χ1) is 39.5. The Kier molecular flexibility index (Phi) is 6.76. The maximum atomic E-state index is 9.73. The van der Waals surface area contributed by atoms with Crippen molar-refractivity contribution >= 4 is 27.3 Å². The highest BCUT2D eigenvalue weighted by molar-refractivity contribution is 6.16. The Morgan fingerprint density at radius 1 is 0.455 bits per heavy atom. The molecule has 5 nitrogen and oxygen atoms in total. The van der Waals surface area contributed by atoms with E-state index in [1.54, 1.807) is 54.7 Å². The monoisotopic (exact) mass is 870 g/mol. The molecule has 5 heteroatoms. The van der Waals surface area contributed by atoms with Gasteiger partial charge in [-0.15, -0.1) is 0 Å². The summed E-state index contributed by atoms with van der Waals surface area (Å²) in [5.74, 6) is -0.347. The minimum Gasteiger partial charge on any atom is -0.296 e. The van der Waals surface area contributed by atoms with E-state index >= 15 is 0 Å². The highest BCUT2D eigenvalue weighted by Gasteiger charge is 2.18. The summed E-state index contributed by atoms with van der Waals surface area (Å²) in [7, 11) is 0. The quantitative estimate of drug-likeness (QED) is 0.122. The number of hydrogen-bond acceptors (Lipinski definition) is 4. The number of nitrogens with zero attached hydrogens (tertiary/aromatic N) is 5. The lowest BCUT2D eigenvalue weighted by atomic mass is 9.89. The molecule has 318 valence electrons. The molecule has 0 spiro atoms. The zero-order valence-corrected chi connectivity index (χ0v) is 35.1. The van der Waals surface area contributed by atoms with E-state index in [1.807, 2.05) is 30.3 Å². The highest BCUT2D eigenvalue weighted by atomic mass is 15.0. The van der Waals surface area contributed by atoms with Crippen LogP contribution >= 0.6 is 0 Å². The van der Waals surface area contributed by atoms with Gasteiger partial charge in [0.1, 0.15) is 5.82 Å². The van der Waals surface area contributed by atoms with Crippen molar-refractivity contribution < 1.29 is 24.7 Å². The second-order valence-electron chi connectivity index (χ2n) is 15.8. The number of pyridine rings is 4. The third kappa shape index (κ3) is 8.05. The molecule has 0 unspecified atom stereocenters. The van der Waals surface area contributed by atoms with Crippen molar-refractivity contribution in [3.63, 3.8) is 0 Å². The third-order valence-corrected chi connectivity index (χ3v) is 11.5. The molecule has 11 rings (SSSR count). The van der Waals surface area contributed by atoms with Crippen LogP contribution < -0.4 is 0 Å². The van der Waals surface area contributed by atoms with Crippen LogP contribution in [-0.2, 0) is 25.5 Å². The van der Waals surface area contributed by atoms with E-state index in [4.69, 9.17) is 18.7 Å². The molecule has 0 aliphatic carbocycles. The second-order valence-corrected chi connectivity index (χ2v) is 15.8. The molecule has 0 fully saturated rings. The van der Waals surface area contributed by atoms with E-state index in [9.17, 15) is 11.0 Å². The van der Waals surface area contributed by atoms with Crippen LogP contribution in [0.25, 0.3) is 83.2 Å². The van der Waals surface area contributed by atoms with E-state index in [1.165, 1.54) is 102 Å². The number of aryl methyl sites for hydroxylation is 7. The smallest absolute Gasteiger partial charge is 0.110 e. The molecule has 0 bridgehead atoms. The number of aromatic nitrogens is 5. The van der Waals surface area contributed by atoms with Crippen molar-refractivity contribution in [2.75, 3.05) is 0 Å². The van der Waals surface area contributed by atoms with Crippen molar-refractivity contribution in [3.8, 4) is 55.9 Å². The molecule has 0 N–H and O–H groups in total. The Morgan fingerprint density at radius 3 is 1.64 bits per heavy atom. The molecule has 5 heterocycles. The van der Waals surface area contributed by atoms with E-state index in [2.05, 4.69) is 15.0 Å². The molecule has 0 aliphatic rings. The van der Waals surface area contributed by atoms with Crippen LogP contribution in [0.3, 0.4) is 0 Å². The number of hydrogen-bond donors (Lipinski definition) is 0. The van der Waals surface area contributed by atoms with Crippen LogP contribution in [0.2, 0.25) is 0 Å². The summed E-state index contributed by atoms with van der Waals surface area (Å²) < 4.78 is 160. The lowest BCUT2D eigenvalue weighted by molar-refractivity contribution is 0.931. The number of benzene rings is 6. The average Bonchev–Trinajstić information content (AvgIpc) is 1.47. The molecule has 0 saturated carbocycles. The van der Waals surface area contributed by atoms with Crippen LogP contribution in [0.5, 0.6) is 0 Å². The lowest BCUT2D eigenvalue weighted by Gasteiger charge is -2.16. The van der Waals surface area contributed by atoms with Gasteiger partial charge in [0, 0.05) is 63.8 Å². The van der Waals surface area contributed by atoms with Crippen LogP contribution in [0, 0.1) is 20.6 Å². The van der Waals surface area contributed by atoms with Gasteiger partial charge in [0.2, 0.25) is 0 Å². The summed E-state index contributed by atoms with van der Waals surface area (Å²) in [6, 6.07) is 45.1. The predicted octanol–water partition coefficient (Wildman–Crippen LogP) is 14.7. The highest BCUT2D eigenvalue weighted by Crippen LogP contribution is 2.40. The Morgan fingerprint density at radius 2 is 1.05 bits per heavy atom. The molecule has 0 radical (unpaired) electrons. The van der Waals surface area contributed by atoms with Crippen molar-refractivity contribution in [1.82, 2.24) is 24.3 Å². The van der Waals surface area contributed by atoms with E-state index in [0.717, 1.165) is 11.6 Å². The van der Waals surface area contributed by atoms with Gasteiger partial charge in [-0.1, -0.05) is 146 Å². The first-order valence-corrected chi connectivity index (χ1v) is 21.2. The van der Waals surface area contributed by atoms with Crippen molar-refractivity contribution in [3.05, 3.63) is 234 Å². The van der Waals surface area contributed by atoms with Gasteiger partial charge < -0.3 is 0 Å². The zero-order chi connectivity index (χ0) is 60.1. The summed E-state index contributed by atoms with van der Waals surface area (Å²) in [6.45, 7) is -7.54. The SMILES string of the molecule is [2H]c1nc(C([2H])([2H])[2H])n2c3cc(-c4ccccc4-c4cc(C([2H])([2H])C([2H])([2H])c5ccc(-c6ccc(C([2H])([2H])[2H])cn6)cc5)cc(C([2H])([2H])C([2H])([2H])c5ccc(-c6ccc(C([2H])([2H])[2H])cn6)cc5)c4)ccc3c3nccc(-c4ccccc4)c3c12. The summed E-state index contributed by atoms with van der Waals surface area (Å²) >= 11 is 0. The zero-order valence-electron chi connectivity index (χ0n) is 53.1. The molecule has 5 aromatic heterocycles. The maximum absolute atomic E-state index is 9.73. The second kappa shape index (κ2) is 17.5. The summed E-state index contributed by atoms with van der Waals surface area (Å²) in [6.07, 6.45) is -7.79. The van der Waals surface area contributed by atoms with Crippen LogP contribution in [0.15, 0.2) is 195 Å². The fourth-order valence-electron chi connectivity index (χ4n) is 8.34. The summed E-state index contributed by atoms with van der Waals surface area (Å²) in [4.78, 5) is 17.7. The van der Waals surface area contributed by atoms with Gasteiger partial charge in [-0.3, -0.25) is 19.4 Å². The molecule has 0 amide bonds. The van der Waals surface area contributed by atoms with Gasteiger partial charge in [0.05, 0.1) is 35.5 Å². The van der Waals surface area contributed by atoms with Crippen LogP contribution in [0.4, 0.5) is 0 Å². The Balaban J connectivity index is 1.07. The average molecular weight is 870 g/mol. The normalized spacial score (nSPS) is 17.0. The summed E-state index contributed by atoms with van der Waals surface area (Å²) in [5, 5.41) is 1.07. The molecule has 11 aromatic rings. The standard InChI is InChI=1S/C61H49N5/c1-40-13-29-56(64-37-40)48-23-19-43(20-24-48)15-17-45-33-46(18-16-44-21-25-49(26-22-44)57-30-14-41(2)38-65-57)35-51(34-45)53-12-8-7-11-52(53)50-27-28-55-58(36-50)66-42(3)63-39-59(66)60-54(31-32-62-61(55)60)47-9-5-4-6-10-47/h4-14,19-39H,15-18H2,1-3H3/i1D3,2D3,3D3,15D2,16D2,17D2,18D2,39D. The Hall–Kier alpha value is -8.02.